The van der Waals surface area contributed by atoms with Crippen LogP contribution in [-0.4, -0.2) is 53.4 Å². The zero-order valence-corrected chi connectivity index (χ0v) is 14.5. The normalized spacial score (nSPS) is 16.0. The zero-order chi connectivity index (χ0) is 19.2. The smallest absolute Gasteiger partial charge is 0.412 e. The van der Waals surface area contributed by atoms with Gasteiger partial charge in [-0.05, 0) is 31.0 Å². The second-order valence-corrected chi connectivity index (χ2v) is 5.85. The standard InChI is InChI=1S/C17H17N5O5/c1-25-10-13-6-3-7-22(13)17(24)27-21-14(23)16-20-19-15(26-16)12-5-2-4-11(8-12)9-18/h2,4-5,8,13H,3,6-7,10H2,1H3,(H,21,23). The van der Waals surface area contributed by atoms with E-state index in [9.17, 15) is 9.59 Å². The third kappa shape index (κ3) is 4.21. The molecule has 1 fully saturated rings. The fourth-order valence-electron chi connectivity index (χ4n) is 2.79. The first-order valence-corrected chi connectivity index (χ1v) is 8.23. The van der Waals surface area contributed by atoms with Crippen molar-refractivity contribution >= 4 is 12.0 Å². The highest BCUT2D eigenvalue weighted by atomic mass is 16.7. The number of rotatable bonds is 4. The summed E-state index contributed by atoms with van der Waals surface area (Å²) in [5.74, 6) is -1.14. The molecule has 1 unspecified atom stereocenters. The van der Waals surface area contributed by atoms with E-state index in [0.717, 1.165) is 12.8 Å². The summed E-state index contributed by atoms with van der Waals surface area (Å²) >= 11 is 0. The predicted molar refractivity (Wildman–Crippen MR) is 90.0 cm³/mol. The van der Waals surface area contributed by atoms with E-state index in [2.05, 4.69) is 10.2 Å². The summed E-state index contributed by atoms with van der Waals surface area (Å²) in [5, 5.41) is 16.3. The van der Waals surface area contributed by atoms with Gasteiger partial charge in [0.05, 0.1) is 24.3 Å². The van der Waals surface area contributed by atoms with Crippen molar-refractivity contribution in [1.82, 2.24) is 20.6 Å². The molecule has 0 radical (unpaired) electrons. The molecule has 1 saturated heterocycles. The Morgan fingerprint density at radius 2 is 2.30 bits per heavy atom. The topological polar surface area (TPSA) is 131 Å². The third-order valence-corrected chi connectivity index (χ3v) is 4.06. The van der Waals surface area contributed by atoms with Gasteiger partial charge in [-0.2, -0.15) is 10.7 Å². The van der Waals surface area contributed by atoms with E-state index in [1.54, 1.807) is 31.4 Å². The van der Waals surface area contributed by atoms with Gasteiger partial charge in [0, 0.05) is 19.2 Å². The molecule has 1 N–H and O–H groups in total. The quantitative estimate of drug-likeness (QED) is 0.800. The van der Waals surface area contributed by atoms with Crippen molar-refractivity contribution in [2.75, 3.05) is 20.3 Å². The summed E-state index contributed by atoms with van der Waals surface area (Å²) in [6.07, 6.45) is 0.974. The molecule has 27 heavy (non-hydrogen) atoms. The van der Waals surface area contributed by atoms with Gasteiger partial charge >= 0.3 is 17.9 Å². The number of ether oxygens (including phenoxy) is 1. The van der Waals surface area contributed by atoms with E-state index in [-0.39, 0.29) is 17.8 Å². The SMILES string of the molecule is COCC1CCCN1C(=O)ONC(=O)c1nnc(-c2cccc(C#N)c2)o1. The molecule has 10 heteroatoms. The average Bonchev–Trinajstić information content (AvgIpc) is 3.36. The number of hydroxylamine groups is 1. The van der Waals surface area contributed by atoms with Crippen molar-refractivity contribution in [2.24, 2.45) is 0 Å². The van der Waals surface area contributed by atoms with Crippen molar-refractivity contribution < 1.29 is 23.6 Å². The molecule has 0 spiro atoms. The van der Waals surface area contributed by atoms with E-state index in [1.807, 2.05) is 11.5 Å². The van der Waals surface area contributed by atoms with Crippen LogP contribution in [0.5, 0.6) is 0 Å². The predicted octanol–water partition coefficient (Wildman–Crippen LogP) is 1.50. The van der Waals surface area contributed by atoms with Gasteiger partial charge in [0.15, 0.2) is 0 Å². The maximum absolute atomic E-state index is 12.1. The van der Waals surface area contributed by atoms with E-state index in [0.29, 0.717) is 24.3 Å². The van der Waals surface area contributed by atoms with Crippen molar-refractivity contribution in [2.45, 2.75) is 18.9 Å². The van der Waals surface area contributed by atoms with Crippen molar-refractivity contribution in [3.8, 4) is 17.5 Å². The average molecular weight is 371 g/mol. The molecule has 140 valence electrons. The fraction of sp³-hybridized carbons (Fsp3) is 0.353. The van der Waals surface area contributed by atoms with E-state index in [1.165, 1.54) is 4.90 Å². The van der Waals surface area contributed by atoms with Crippen molar-refractivity contribution in [1.29, 1.82) is 5.26 Å². The molecule has 2 aromatic rings. The summed E-state index contributed by atoms with van der Waals surface area (Å²) in [6.45, 7) is 0.931. The van der Waals surface area contributed by atoms with Gasteiger partial charge in [-0.25, -0.2) is 4.79 Å². The van der Waals surface area contributed by atoms with Gasteiger partial charge in [-0.3, -0.25) is 4.79 Å². The third-order valence-electron chi connectivity index (χ3n) is 4.06. The molecule has 1 aromatic heterocycles. The molecule has 1 aliphatic rings. The lowest BCUT2D eigenvalue weighted by molar-refractivity contribution is 0.0313. The number of hydrogen-bond acceptors (Lipinski definition) is 8. The Kier molecular flexibility index (Phi) is 5.63. The Labute approximate surface area is 154 Å². The van der Waals surface area contributed by atoms with Crippen LogP contribution in [0, 0.1) is 11.3 Å². The maximum atomic E-state index is 12.1. The van der Waals surface area contributed by atoms with Crippen LogP contribution in [0.2, 0.25) is 0 Å². The van der Waals surface area contributed by atoms with E-state index in [4.69, 9.17) is 19.3 Å². The fourth-order valence-corrected chi connectivity index (χ4v) is 2.79. The highest BCUT2D eigenvalue weighted by molar-refractivity contribution is 5.89. The Morgan fingerprint density at radius 3 is 3.07 bits per heavy atom. The van der Waals surface area contributed by atoms with Gasteiger partial charge in [-0.15, -0.1) is 10.2 Å². The molecule has 2 heterocycles. The molecule has 10 nitrogen and oxygen atoms in total. The van der Waals surface area contributed by atoms with Crippen LogP contribution >= 0.6 is 0 Å². The number of hydrogen-bond donors (Lipinski definition) is 1. The number of carbonyl (C=O) groups excluding carboxylic acids is 2. The van der Waals surface area contributed by atoms with Crippen LogP contribution in [0.1, 0.15) is 29.1 Å². The van der Waals surface area contributed by atoms with Gasteiger partial charge in [0.1, 0.15) is 0 Å². The highest BCUT2D eigenvalue weighted by Gasteiger charge is 2.30. The minimum atomic E-state index is -0.846. The molecule has 1 atom stereocenters. The number of likely N-dealkylation sites (tertiary alicyclic amines) is 1. The molecule has 1 aliphatic heterocycles. The van der Waals surface area contributed by atoms with Crippen LogP contribution in [0.25, 0.3) is 11.5 Å². The minimum absolute atomic E-state index is 0.0725. The van der Waals surface area contributed by atoms with E-state index < -0.39 is 12.0 Å². The Balaban J connectivity index is 1.60. The molecular formula is C17H17N5O5. The Bertz CT molecular complexity index is 875. The monoisotopic (exact) mass is 371 g/mol. The second-order valence-electron chi connectivity index (χ2n) is 5.85. The lowest BCUT2D eigenvalue weighted by atomic mass is 10.1. The van der Waals surface area contributed by atoms with Crippen LogP contribution < -0.4 is 5.48 Å². The van der Waals surface area contributed by atoms with Crippen molar-refractivity contribution in [3.63, 3.8) is 0 Å². The van der Waals surface area contributed by atoms with Crippen LogP contribution in [0.3, 0.4) is 0 Å². The van der Waals surface area contributed by atoms with Gasteiger partial charge < -0.3 is 18.9 Å². The summed E-state index contributed by atoms with van der Waals surface area (Å²) in [6, 6.07) is 8.42. The number of nitrogens with one attached hydrogen (secondary N) is 1. The molecule has 0 saturated carbocycles. The Hall–Kier alpha value is -3.45. The van der Waals surface area contributed by atoms with Crippen LogP contribution in [0.4, 0.5) is 4.79 Å². The number of aromatic nitrogens is 2. The number of benzene rings is 1. The van der Waals surface area contributed by atoms with Crippen LogP contribution in [-0.2, 0) is 9.57 Å². The molecule has 1 aromatic carbocycles. The summed E-state index contributed by atoms with van der Waals surface area (Å²) in [7, 11) is 1.56. The Morgan fingerprint density at radius 1 is 1.44 bits per heavy atom. The first-order valence-electron chi connectivity index (χ1n) is 8.23. The lowest BCUT2D eigenvalue weighted by Crippen LogP contribution is -2.41. The largest absolute Gasteiger partial charge is 0.434 e. The first kappa shape index (κ1) is 18.3. The second kappa shape index (κ2) is 8.29. The van der Waals surface area contributed by atoms with Gasteiger partial charge in [0.2, 0.25) is 5.89 Å². The lowest BCUT2D eigenvalue weighted by Gasteiger charge is -2.22. The summed E-state index contributed by atoms with van der Waals surface area (Å²) in [5.41, 5.74) is 2.92. The van der Waals surface area contributed by atoms with Gasteiger partial charge in [-0.1, -0.05) is 6.07 Å². The molecule has 0 bridgehead atoms. The molecular weight excluding hydrogens is 354 g/mol. The van der Waals surface area contributed by atoms with Crippen LogP contribution in [0.15, 0.2) is 28.7 Å². The number of methoxy groups -OCH3 is 1. The highest BCUT2D eigenvalue weighted by Crippen LogP contribution is 2.20. The first-order chi connectivity index (χ1) is 13.1. The number of nitriles is 1. The number of nitrogens with zero attached hydrogens (tertiary/aromatic N) is 4. The minimum Gasteiger partial charge on any atom is -0.412 e. The maximum Gasteiger partial charge on any atom is 0.434 e. The summed E-state index contributed by atoms with van der Waals surface area (Å²) in [4.78, 5) is 30.5. The molecule has 0 aliphatic carbocycles. The van der Waals surface area contributed by atoms with Gasteiger partial charge in [0.25, 0.3) is 0 Å². The van der Waals surface area contributed by atoms with E-state index >= 15 is 0 Å². The zero-order valence-electron chi connectivity index (χ0n) is 14.5. The number of carbonyl (C=O) groups is 2. The van der Waals surface area contributed by atoms with Crippen molar-refractivity contribution in [3.05, 3.63) is 35.7 Å². The molecule has 3 rings (SSSR count). The number of amides is 2. The summed E-state index contributed by atoms with van der Waals surface area (Å²) < 4.78 is 10.4. The molecule has 2 amide bonds.